The average molecular weight is 458 g/mol. The first-order valence-corrected chi connectivity index (χ1v) is 12.6. The van der Waals surface area contributed by atoms with E-state index in [4.69, 9.17) is 9.72 Å². The lowest BCUT2D eigenvalue weighted by Gasteiger charge is -2.33. The van der Waals surface area contributed by atoms with Crippen molar-refractivity contribution in [2.45, 2.75) is 25.3 Å². The van der Waals surface area contributed by atoms with E-state index in [1.54, 1.807) is 34.9 Å². The summed E-state index contributed by atoms with van der Waals surface area (Å²) >= 11 is 1.62. The minimum Gasteiger partial charge on any atom is -0.497 e. The zero-order valence-corrected chi connectivity index (χ0v) is 19.7. The van der Waals surface area contributed by atoms with Crippen LogP contribution in [0.25, 0.3) is 10.6 Å². The van der Waals surface area contributed by atoms with E-state index in [2.05, 4.69) is 10.3 Å². The Bertz CT molecular complexity index is 1150. The third-order valence-electron chi connectivity index (χ3n) is 5.72. The third kappa shape index (κ3) is 4.82. The molecule has 1 aliphatic heterocycles. The molecule has 1 saturated heterocycles. The smallest absolute Gasteiger partial charge is 0.243 e. The van der Waals surface area contributed by atoms with Gasteiger partial charge in [-0.15, -0.1) is 11.3 Å². The molecule has 0 aliphatic carbocycles. The van der Waals surface area contributed by atoms with Gasteiger partial charge < -0.3 is 4.74 Å². The summed E-state index contributed by atoms with van der Waals surface area (Å²) in [6, 6.07) is 13.3. The fraction of sp³-hybridized carbons (Fsp3) is 0.348. The second kappa shape index (κ2) is 9.08. The molecule has 1 fully saturated rings. The quantitative estimate of drug-likeness (QED) is 0.561. The number of thiazole rings is 1. The minimum absolute atomic E-state index is 0.382. The number of hydrogen-bond acceptors (Lipinski definition) is 6. The van der Waals surface area contributed by atoms with E-state index in [0.29, 0.717) is 31.1 Å². The van der Waals surface area contributed by atoms with E-state index in [9.17, 15) is 8.42 Å². The van der Waals surface area contributed by atoms with Crippen molar-refractivity contribution < 1.29 is 13.2 Å². The lowest BCUT2D eigenvalue weighted by atomic mass is 10.1. The number of nitrogens with zero attached hydrogens (tertiary/aromatic N) is 3. The Morgan fingerprint density at radius 2 is 1.71 bits per heavy atom. The molecule has 0 radical (unpaired) electrons. The van der Waals surface area contributed by atoms with Crippen LogP contribution >= 0.6 is 11.3 Å². The number of ether oxygens (including phenoxy) is 1. The van der Waals surface area contributed by atoms with Crippen LogP contribution in [0.5, 0.6) is 5.75 Å². The van der Waals surface area contributed by atoms with Gasteiger partial charge in [0, 0.05) is 43.7 Å². The highest BCUT2D eigenvalue weighted by atomic mass is 32.2. The van der Waals surface area contributed by atoms with Crippen molar-refractivity contribution in [2.75, 3.05) is 33.3 Å². The van der Waals surface area contributed by atoms with Crippen LogP contribution in [-0.4, -0.2) is 55.9 Å². The van der Waals surface area contributed by atoms with Crippen molar-refractivity contribution in [1.82, 2.24) is 14.2 Å². The molecule has 8 heteroatoms. The molecule has 1 aliphatic rings. The Kier molecular flexibility index (Phi) is 6.43. The fourth-order valence-electron chi connectivity index (χ4n) is 3.63. The topological polar surface area (TPSA) is 62.7 Å². The minimum atomic E-state index is -3.45. The van der Waals surface area contributed by atoms with Crippen LogP contribution in [-0.2, 0) is 16.6 Å². The van der Waals surface area contributed by atoms with E-state index >= 15 is 0 Å². The Labute approximate surface area is 188 Å². The zero-order valence-electron chi connectivity index (χ0n) is 18.0. The van der Waals surface area contributed by atoms with Gasteiger partial charge in [0.05, 0.1) is 17.7 Å². The van der Waals surface area contributed by atoms with Gasteiger partial charge in [-0.3, -0.25) is 4.90 Å². The Morgan fingerprint density at radius 3 is 2.35 bits per heavy atom. The van der Waals surface area contributed by atoms with Crippen LogP contribution in [0.15, 0.2) is 52.7 Å². The van der Waals surface area contributed by atoms with Crippen LogP contribution in [0, 0.1) is 13.8 Å². The first-order chi connectivity index (χ1) is 14.9. The van der Waals surface area contributed by atoms with Gasteiger partial charge in [-0.25, -0.2) is 13.4 Å². The van der Waals surface area contributed by atoms with Gasteiger partial charge in [0.25, 0.3) is 0 Å². The average Bonchev–Trinajstić information content (AvgIpc) is 3.24. The van der Waals surface area contributed by atoms with Crippen LogP contribution in [0.2, 0.25) is 0 Å². The standard InChI is InChI=1S/C23H27N3O3S2/c1-17-4-9-22(14-18(17)2)31(27,28)26-12-10-25(11-13-26)15-20-16-30-23(24-20)19-5-7-21(29-3)8-6-19/h4-9,14,16H,10-13,15H2,1-3H3. The number of rotatable bonds is 6. The van der Waals surface area contributed by atoms with E-state index in [0.717, 1.165) is 39.7 Å². The molecule has 3 aromatic rings. The normalized spacial score (nSPS) is 15.8. The predicted molar refractivity (Wildman–Crippen MR) is 124 cm³/mol. The van der Waals surface area contributed by atoms with Gasteiger partial charge >= 0.3 is 0 Å². The molecule has 0 amide bonds. The van der Waals surface area contributed by atoms with Gasteiger partial charge in [0.1, 0.15) is 10.8 Å². The van der Waals surface area contributed by atoms with Crippen LogP contribution in [0.3, 0.4) is 0 Å². The SMILES string of the molecule is COc1ccc(-c2nc(CN3CCN(S(=O)(=O)c4ccc(C)c(C)c4)CC3)cs2)cc1. The molecular weight excluding hydrogens is 430 g/mol. The summed E-state index contributed by atoms with van der Waals surface area (Å²) in [5.41, 5.74) is 4.18. The van der Waals surface area contributed by atoms with Gasteiger partial charge in [0.2, 0.25) is 10.0 Å². The Balaban J connectivity index is 1.37. The molecular formula is C23H27N3O3S2. The lowest BCUT2D eigenvalue weighted by molar-refractivity contribution is 0.180. The van der Waals surface area contributed by atoms with Crippen molar-refractivity contribution >= 4 is 21.4 Å². The molecule has 6 nitrogen and oxygen atoms in total. The molecule has 2 heterocycles. The number of benzene rings is 2. The van der Waals surface area contributed by atoms with Crippen LogP contribution < -0.4 is 4.74 Å². The molecule has 2 aromatic carbocycles. The van der Waals surface area contributed by atoms with Crippen LogP contribution in [0.4, 0.5) is 0 Å². The maximum atomic E-state index is 13.0. The second-order valence-electron chi connectivity index (χ2n) is 7.80. The Hall–Kier alpha value is -2.26. The van der Waals surface area contributed by atoms with Crippen LogP contribution in [0.1, 0.15) is 16.8 Å². The third-order valence-corrected chi connectivity index (χ3v) is 8.56. The molecule has 1 aromatic heterocycles. The van der Waals surface area contributed by atoms with Crippen molar-refractivity contribution in [3.63, 3.8) is 0 Å². The Morgan fingerprint density at radius 1 is 1.00 bits per heavy atom. The molecule has 164 valence electrons. The van der Waals surface area contributed by atoms with Gasteiger partial charge in [0.15, 0.2) is 0 Å². The van der Waals surface area contributed by atoms with Crippen molar-refractivity contribution in [1.29, 1.82) is 0 Å². The van der Waals surface area contributed by atoms with E-state index < -0.39 is 10.0 Å². The molecule has 0 unspecified atom stereocenters. The molecule has 31 heavy (non-hydrogen) atoms. The monoisotopic (exact) mass is 457 g/mol. The summed E-state index contributed by atoms with van der Waals surface area (Å²) in [6.07, 6.45) is 0. The summed E-state index contributed by atoms with van der Waals surface area (Å²) in [6.45, 7) is 7.03. The van der Waals surface area contributed by atoms with E-state index in [1.807, 2.05) is 44.2 Å². The van der Waals surface area contributed by atoms with E-state index in [1.165, 1.54) is 0 Å². The number of methoxy groups -OCH3 is 1. The molecule has 0 bridgehead atoms. The zero-order chi connectivity index (χ0) is 22.0. The van der Waals surface area contributed by atoms with Gasteiger partial charge in [-0.1, -0.05) is 6.07 Å². The summed E-state index contributed by atoms with van der Waals surface area (Å²) in [7, 11) is -1.80. The first kappa shape index (κ1) is 22.0. The molecule has 0 atom stereocenters. The largest absolute Gasteiger partial charge is 0.497 e. The number of aromatic nitrogens is 1. The summed E-state index contributed by atoms with van der Waals surface area (Å²) < 4.78 is 32.8. The lowest BCUT2D eigenvalue weighted by Crippen LogP contribution is -2.48. The highest BCUT2D eigenvalue weighted by Gasteiger charge is 2.28. The van der Waals surface area contributed by atoms with Crippen molar-refractivity contribution in [2.24, 2.45) is 0 Å². The van der Waals surface area contributed by atoms with Gasteiger partial charge in [-0.05, 0) is 61.4 Å². The van der Waals surface area contributed by atoms with Crippen molar-refractivity contribution in [3.05, 3.63) is 64.7 Å². The highest BCUT2D eigenvalue weighted by molar-refractivity contribution is 7.89. The van der Waals surface area contributed by atoms with Crippen molar-refractivity contribution in [3.8, 4) is 16.3 Å². The number of piperazine rings is 1. The maximum Gasteiger partial charge on any atom is 0.243 e. The number of sulfonamides is 1. The molecule has 0 N–H and O–H groups in total. The maximum absolute atomic E-state index is 13.0. The summed E-state index contributed by atoms with van der Waals surface area (Å²) in [5.74, 6) is 0.828. The second-order valence-corrected chi connectivity index (χ2v) is 10.6. The summed E-state index contributed by atoms with van der Waals surface area (Å²) in [4.78, 5) is 7.41. The van der Waals surface area contributed by atoms with Gasteiger partial charge in [-0.2, -0.15) is 4.31 Å². The highest BCUT2D eigenvalue weighted by Crippen LogP contribution is 2.27. The fourth-order valence-corrected chi connectivity index (χ4v) is 5.95. The number of hydrogen-bond donors (Lipinski definition) is 0. The summed E-state index contributed by atoms with van der Waals surface area (Å²) in [5, 5.41) is 3.06. The first-order valence-electron chi connectivity index (χ1n) is 10.3. The van der Waals surface area contributed by atoms with E-state index in [-0.39, 0.29) is 0 Å². The number of aryl methyl sites for hydroxylation is 2. The molecule has 0 spiro atoms. The molecule has 4 rings (SSSR count). The molecule has 0 saturated carbocycles. The predicted octanol–water partition coefficient (Wildman–Crippen LogP) is 3.94.